The molecule has 0 unspecified atom stereocenters. The average Bonchev–Trinajstić information content (AvgIpc) is 2.70. The lowest BCUT2D eigenvalue weighted by molar-refractivity contribution is 0.621. The summed E-state index contributed by atoms with van der Waals surface area (Å²) < 4.78 is 13.4. The second-order valence-electron chi connectivity index (χ2n) is 2.92. The van der Waals surface area contributed by atoms with E-state index in [1.54, 1.807) is 12.1 Å². The van der Waals surface area contributed by atoms with Crippen molar-refractivity contribution in [2.45, 2.75) is 10.1 Å². The number of benzene rings is 1. The molecule has 2 aromatic rings. The first-order valence-electron chi connectivity index (χ1n) is 4.34. The second-order valence-corrected chi connectivity index (χ2v) is 3.95. The van der Waals surface area contributed by atoms with Crippen LogP contribution in [0.3, 0.4) is 0 Å². The zero-order valence-corrected chi connectivity index (χ0v) is 8.88. The number of nitrogens with one attached hydrogen (secondary N) is 2. The Labute approximate surface area is 94.8 Å². The fourth-order valence-electron chi connectivity index (χ4n) is 1.20. The van der Waals surface area contributed by atoms with Crippen molar-refractivity contribution < 1.29 is 4.39 Å². The molecule has 0 saturated carbocycles. The fraction of sp³-hybridized carbons (Fsp3) is 0. The van der Waals surface area contributed by atoms with Gasteiger partial charge in [-0.1, -0.05) is 6.07 Å². The molecule has 0 aliphatic rings. The Morgan fingerprint density at radius 3 is 2.94 bits per heavy atom. The van der Waals surface area contributed by atoms with Gasteiger partial charge < -0.3 is 5.73 Å². The molecule has 0 aliphatic heterocycles. The Kier molecular flexibility index (Phi) is 2.86. The van der Waals surface area contributed by atoms with Crippen molar-refractivity contribution >= 4 is 17.6 Å². The molecule has 0 amide bonds. The SMILES string of the molecule is N=C(N)c1c(F)cccc1Sc1ncn[nH]1. The van der Waals surface area contributed by atoms with E-state index in [0.29, 0.717) is 10.1 Å². The zero-order chi connectivity index (χ0) is 11.5. The van der Waals surface area contributed by atoms with Gasteiger partial charge in [-0.05, 0) is 23.9 Å². The summed E-state index contributed by atoms with van der Waals surface area (Å²) in [6.45, 7) is 0. The van der Waals surface area contributed by atoms with Gasteiger partial charge >= 0.3 is 0 Å². The van der Waals surface area contributed by atoms with Crippen molar-refractivity contribution in [3.63, 3.8) is 0 Å². The molecule has 0 saturated heterocycles. The molecule has 1 aromatic carbocycles. The van der Waals surface area contributed by atoms with E-state index in [1.165, 1.54) is 24.2 Å². The van der Waals surface area contributed by atoms with Crippen molar-refractivity contribution in [2.75, 3.05) is 0 Å². The van der Waals surface area contributed by atoms with Crippen LogP contribution in [0, 0.1) is 11.2 Å². The van der Waals surface area contributed by atoms with E-state index in [9.17, 15) is 4.39 Å². The molecule has 0 atom stereocenters. The minimum Gasteiger partial charge on any atom is -0.384 e. The number of hydrogen-bond donors (Lipinski definition) is 3. The molecular formula is C9H8FN5S. The highest BCUT2D eigenvalue weighted by molar-refractivity contribution is 7.99. The standard InChI is InChI=1S/C9H8FN5S/c10-5-2-1-3-6(7(5)8(11)12)16-9-13-4-14-15-9/h1-4H,(H3,11,12)(H,13,14,15). The number of nitrogens with zero attached hydrogens (tertiary/aromatic N) is 2. The van der Waals surface area contributed by atoms with Crippen molar-refractivity contribution in [3.05, 3.63) is 35.9 Å². The molecule has 82 valence electrons. The third-order valence-electron chi connectivity index (χ3n) is 1.84. The van der Waals surface area contributed by atoms with Crippen LogP contribution >= 0.6 is 11.8 Å². The largest absolute Gasteiger partial charge is 0.384 e. The molecule has 0 aliphatic carbocycles. The van der Waals surface area contributed by atoms with Gasteiger partial charge in [-0.3, -0.25) is 10.5 Å². The molecule has 4 N–H and O–H groups in total. The first-order valence-corrected chi connectivity index (χ1v) is 5.16. The predicted octanol–water partition coefficient (Wildman–Crippen LogP) is 1.38. The van der Waals surface area contributed by atoms with Crippen LogP contribution in [0.5, 0.6) is 0 Å². The lowest BCUT2D eigenvalue weighted by Gasteiger charge is -2.06. The molecule has 0 spiro atoms. The van der Waals surface area contributed by atoms with Crippen LogP contribution in [0.15, 0.2) is 34.6 Å². The number of hydrogen-bond acceptors (Lipinski definition) is 4. The summed E-state index contributed by atoms with van der Waals surface area (Å²) in [6.07, 6.45) is 1.36. The van der Waals surface area contributed by atoms with Gasteiger partial charge in [0.15, 0.2) is 5.16 Å². The van der Waals surface area contributed by atoms with Gasteiger partial charge in [-0.15, -0.1) is 0 Å². The zero-order valence-electron chi connectivity index (χ0n) is 8.07. The monoisotopic (exact) mass is 237 g/mol. The Morgan fingerprint density at radius 1 is 1.50 bits per heavy atom. The molecule has 1 heterocycles. The van der Waals surface area contributed by atoms with E-state index in [2.05, 4.69) is 15.2 Å². The van der Waals surface area contributed by atoms with Crippen LogP contribution in [0.1, 0.15) is 5.56 Å². The molecule has 0 fully saturated rings. The fourth-order valence-corrected chi connectivity index (χ4v) is 2.06. The van der Waals surface area contributed by atoms with E-state index >= 15 is 0 Å². The molecule has 1 aromatic heterocycles. The first kappa shape index (κ1) is 10.6. The maximum absolute atomic E-state index is 13.4. The highest BCUT2D eigenvalue weighted by Crippen LogP contribution is 2.28. The summed E-state index contributed by atoms with van der Waals surface area (Å²) in [6, 6.07) is 4.49. The minimum atomic E-state index is -0.517. The molecule has 5 nitrogen and oxygen atoms in total. The third kappa shape index (κ3) is 2.03. The van der Waals surface area contributed by atoms with E-state index in [0.717, 1.165) is 0 Å². The van der Waals surface area contributed by atoms with Gasteiger partial charge in [0.1, 0.15) is 18.0 Å². The number of nitrogen functional groups attached to an aromatic ring is 1. The third-order valence-corrected chi connectivity index (χ3v) is 2.79. The van der Waals surface area contributed by atoms with Crippen molar-refractivity contribution in [1.29, 1.82) is 5.41 Å². The van der Waals surface area contributed by atoms with Crippen LogP contribution in [-0.4, -0.2) is 21.0 Å². The summed E-state index contributed by atoms with van der Waals surface area (Å²) in [4.78, 5) is 4.44. The molecule has 16 heavy (non-hydrogen) atoms. The van der Waals surface area contributed by atoms with E-state index in [4.69, 9.17) is 11.1 Å². The summed E-state index contributed by atoms with van der Waals surface area (Å²) >= 11 is 1.17. The maximum atomic E-state index is 13.4. The first-order chi connectivity index (χ1) is 7.68. The van der Waals surface area contributed by atoms with Gasteiger partial charge in [0.2, 0.25) is 0 Å². The maximum Gasteiger partial charge on any atom is 0.188 e. The van der Waals surface area contributed by atoms with Crippen LogP contribution in [0.25, 0.3) is 0 Å². The predicted molar refractivity (Wildman–Crippen MR) is 57.9 cm³/mol. The Balaban J connectivity index is 2.40. The van der Waals surface area contributed by atoms with Crippen LogP contribution in [0.4, 0.5) is 4.39 Å². The highest BCUT2D eigenvalue weighted by atomic mass is 32.2. The summed E-state index contributed by atoms with van der Waals surface area (Å²) in [5, 5.41) is 14.2. The normalized spacial score (nSPS) is 10.3. The Bertz CT molecular complexity index is 511. The molecular weight excluding hydrogens is 229 g/mol. The number of rotatable bonds is 3. The van der Waals surface area contributed by atoms with Gasteiger partial charge in [0.05, 0.1) is 5.56 Å². The van der Waals surface area contributed by atoms with Crippen LogP contribution < -0.4 is 5.73 Å². The second kappa shape index (κ2) is 4.31. The number of nitrogens with two attached hydrogens (primary N) is 1. The van der Waals surface area contributed by atoms with Gasteiger partial charge in [0.25, 0.3) is 0 Å². The number of H-pyrrole nitrogens is 1. The highest BCUT2D eigenvalue weighted by Gasteiger charge is 2.13. The number of halogens is 1. The summed E-state index contributed by atoms with van der Waals surface area (Å²) in [7, 11) is 0. The van der Waals surface area contributed by atoms with E-state index in [-0.39, 0.29) is 11.4 Å². The molecule has 0 radical (unpaired) electrons. The molecule has 7 heteroatoms. The number of aromatic nitrogens is 3. The quantitative estimate of drug-likeness (QED) is 0.555. The van der Waals surface area contributed by atoms with E-state index in [1.807, 2.05) is 0 Å². The molecule has 0 bridgehead atoms. The topological polar surface area (TPSA) is 91.4 Å². The average molecular weight is 237 g/mol. The Hall–Kier alpha value is -1.89. The lowest BCUT2D eigenvalue weighted by Crippen LogP contribution is -2.14. The van der Waals surface area contributed by atoms with Crippen LogP contribution in [-0.2, 0) is 0 Å². The van der Waals surface area contributed by atoms with Crippen molar-refractivity contribution in [3.8, 4) is 0 Å². The lowest BCUT2D eigenvalue weighted by atomic mass is 10.2. The Morgan fingerprint density at radius 2 is 2.31 bits per heavy atom. The number of amidine groups is 1. The van der Waals surface area contributed by atoms with Crippen molar-refractivity contribution in [2.24, 2.45) is 5.73 Å². The van der Waals surface area contributed by atoms with E-state index < -0.39 is 5.82 Å². The molecule has 2 rings (SSSR count). The van der Waals surface area contributed by atoms with Gasteiger partial charge in [-0.25, -0.2) is 9.37 Å². The smallest absolute Gasteiger partial charge is 0.188 e. The minimum absolute atomic E-state index is 0.0869. The summed E-state index contributed by atoms with van der Waals surface area (Å²) in [5.74, 6) is -0.822. The van der Waals surface area contributed by atoms with Gasteiger partial charge in [0, 0.05) is 4.90 Å². The van der Waals surface area contributed by atoms with Crippen LogP contribution in [0.2, 0.25) is 0 Å². The van der Waals surface area contributed by atoms with Crippen molar-refractivity contribution in [1.82, 2.24) is 15.2 Å². The summed E-state index contributed by atoms with van der Waals surface area (Å²) in [5.41, 5.74) is 5.42. The number of aromatic amines is 1. The van der Waals surface area contributed by atoms with Gasteiger partial charge in [-0.2, -0.15) is 5.10 Å².